The molecule has 3 nitrogen and oxygen atoms in total. The van der Waals surface area contributed by atoms with Gasteiger partial charge >= 0.3 is 0 Å². The smallest absolute Gasteiger partial charge is 0.262 e. The summed E-state index contributed by atoms with van der Waals surface area (Å²) in [5.74, 6) is -6.20. The van der Waals surface area contributed by atoms with Gasteiger partial charge in [0.05, 0.1) is 12.6 Å². The van der Waals surface area contributed by atoms with Gasteiger partial charge in [0.15, 0.2) is 23.3 Å². The van der Waals surface area contributed by atoms with Gasteiger partial charge in [0.1, 0.15) is 5.69 Å². The summed E-state index contributed by atoms with van der Waals surface area (Å²) in [6.45, 7) is 7.30. The molecule has 1 aromatic rings. The fourth-order valence-corrected chi connectivity index (χ4v) is 2.56. The van der Waals surface area contributed by atoms with Gasteiger partial charge in [-0.05, 0) is 18.9 Å². The lowest BCUT2D eigenvalue weighted by Gasteiger charge is -2.24. The van der Waals surface area contributed by atoms with E-state index < -0.39 is 40.2 Å². The van der Waals surface area contributed by atoms with Gasteiger partial charge in [0, 0.05) is 18.7 Å². The summed E-state index contributed by atoms with van der Waals surface area (Å²) < 4.78 is 56.8. The van der Waals surface area contributed by atoms with E-state index in [4.69, 9.17) is 11.8 Å². The quantitative estimate of drug-likeness (QED) is 0.349. The molecule has 120 valence electrons. The number of rotatable bonds is 2. The van der Waals surface area contributed by atoms with E-state index in [1.165, 1.54) is 11.0 Å². The Morgan fingerprint density at radius 2 is 1.52 bits per heavy atom. The Labute approximate surface area is 131 Å². The summed E-state index contributed by atoms with van der Waals surface area (Å²) in [6, 6.07) is 1.40. The summed E-state index contributed by atoms with van der Waals surface area (Å²) in [4.78, 5) is 4.03. The number of halogens is 4. The zero-order valence-electron chi connectivity index (χ0n) is 12.2. The third kappa shape index (κ3) is 3.29. The molecule has 23 heavy (non-hydrogen) atoms. The lowest BCUT2D eigenvalue weighted by atomic mass is 10.1. The molecule has 1 aromatic carbocycles. The molecule has 1 aliphatic rings. The second-order valence-corrected chi connectivity index (χ2v) is 5.17. The maximum Gasteiger partial charge on any atom is 0.262 e. The van der Waals surface area contributed by atoms with Gasteiger partial charge in [-0.3, -0.25) is 0 Å². The molecule has 0 bridgehead atoms. The van der Waals surface area contributed by atoms with Gasteiger partial charge in [0.25, 0.3) is 5.70 Å². The Morgan fingerprint density at radius 3 is 1.96 bits per heavy atom. The van der Waals surface area contributed by atoms with Gasteiger partial charge in [0.2, 0.25) is 0 Å². The monoisotopic (exact) mass is 323 g/mol. The van der Waals surface area contributed by atoms with Crippen LogP contribution in [0, 0.1) is 41.2 Å². The zero-order chi connectivity index (χ0) is 17.0. The normalized spacial score (nSPS) is 15.7. The minimum Gasteiger partial charge on any atom is -0.367 e. The molecule has 1 fully saturated rings. The van der Waals surface area contributed by atoms with E-state index in [9.17, 15) is 17.6 Å². The number of allylic oxidation sites excluding steroid dienone is 1. The molecular weight excluding hydrogens is 310 g/mol. The standard InChI is InChI=1S/C16H13F4N3/c1-22-10(9-21)8-11-12(17)14(19)16(15(20)13(11)18)23-6-4-2-3-5-7-23/h8H,2-7H2/b10-8-. The van der Waals surface area contributed by atoms with Crippen LogP contribution in [0.4, 0.5) is 23.2 Å². The highest BCUT2D eigenvalue weighted by Gasteiger charge is 2.28. The van der Waals surface area contributed by atoms with E-state index in [2.05, 4.69) is 4.85 Å². The second-order valence-electron chi connectivity index (χ2n) is 5.17. The van der Waals surface area contributed by atoms with Crippen LogP contribution >= 0.6 is 0 Å². The largest absolute Gasteiger partial charge is 0.367 e. The molecular formula is C16H13F4N3. The maximum atomic E-state index is 14.3. The maximum absolute atomic E-state index is 14.3. The van der Waals surface area contributed by atoms with Gasteiger partial charge in [-0.2, -0.15) is 0 Å². The fraction of sp³-hybridized carbons (Fsp3) is 0.375. The van der Waals surface area contributed by atoms with Crippen LogP contribution in [-0.2, 0) is 0 Å². The molecule has 0 spiro atoms. The highest BCUT2D eigenvalue weighted by molar-refractivity contribution is 5.64. The first-order valence-corrected chi connectivity index (χ1v) is 7.11. The van der Waals surface area contributed by atoms with Crippen molar-refractivity contribution in [3.63, 3.8) is 0 Å². The predicted molar refractivity (Wildman–Crippen MR) is 77.1 cm³/mol. The number of hydrogen-bond donors (Lipinski definition) is 0. The lowest BCUT2D eigenvalue weighted by molar-refractivity contribution is 0.448. The molecule has 7 heteroatoms. The van der Waals surface area contributed by atoms with Crippen molar-refractivity contribution in [2.75, 3.05) is 18.0 Å². The Hall–Kier alpha value is -2.54. The van der Waals surface area contributed by atoms with Crippen molar-refractivity contribution >= 4 is 11.8 Å². The van der Waals surface area contributed by atoms with Crippen LogP contribution in [0.15, 0.2) is 5.70 Å². The van der Waals surface area contributed by atoms with Crippen LogP contribution in [0.2, 0.25) is 0 Å². The minimum atomic E-state index is -1.60. The highest BCUT2D eigenvalue weighted by atomic mass is 19.2. The Morgan fingerprint density at radius 1 is 1.00 bits per heavy atom. The summed E-state index contributed by atoms with van der Waals surface area (Å²) in [6.07, 6.45) is 3.65. The van der Waals surface area contributed by atoms with E-state index in [1.54, 1.807) is 0 Å². The van der Waals surface area contributed by atoms with Gasteiger partial charge in [-0.15, -0.1) is 0 Å². The molecule has 1 aliphatic heterocycles. The Bertz CT molecular complexity index is 675. The van der Waals surface area contributed by atoms with E-state index in [0.717, 1.165) is 12.8 Å². The van der Waals surface area contributed by atoms with E-state index in [-0.39, 0.29) is 0 Å². The molecule has 0 aromatic heterocycles. The van der Waals surface area contributed by atoms with Crippen molar-refractivity contribution in [2.24, 2.45) is 0 Å². The zero-order valence-corrected chi connectivity index (χ0v) is 12.2. The van der Waals surface area contributed by atoms with Crippen LogP contribution in [0.1, 0.15) is 31.2 Å². The fourth-order valence-electron chi connectivity index (χ4n) is 2.56. The van der Waals surface area contributed by atoms with Crippen molar-refractivity contribution in [3.05, 3.63) is 45.9 Å². The molecule has 0 saturated carbocycles. The molecule has 0 N–H and O–H groups in total. The third-order valence-electron chi connectivity index (χ3n) is 3.71. The van der Waals surface area contributed by atoms with Crippen LogP contribution in [0.3, 0.4) is 0 Å². The van der Waals surface area contributed by atoms with Crippen molar-refractivity contribution in [3.8, 4) is 6.07 Å². The molecule has 0 amide bonds. The minimum absolute atomic E-state index is 0.313. The summed E-state index contributed by atoms with van der Waals surface area (Å²) in [5.41, 5.74) is -2.43. The first kappa shape index (κ1) is 16.8. The number of nitrogens with zero attached hydrogens (tertiary/aromatic N) is 3. The van der Waals surface area contributed by atoms with Gasteiger partial charge < -0.3 is 4.90 Å². The van der Waals surface area contributed by atoms with Crippen molar-refractivity contribution < 1.29 is 17.6 Å². The average Bonchev–Trinajstić information content (AvgIpc) is 2.83. The Balaban J connectivity index is 2.59. The molecule has 0 unspecified atom stereocenters. The van der Waals surface area contributed by atoms with Crippen LogP contribution in [0.25, 0.3) is 10.9 Å². The summed E-state index contributed by atoms with van der Waals surface area (Å²) in [7, 11) is 0. The molecule has 0 atom stereocenters. The number of anilines is 1. The van der Waals surface area contributed by atoms with Crippen molar-refractivity contribution in [1.82, 2.24) is 0 Å². The summed E-state index contributed by atoms with van der Waals surface area (Å²) >= 11 is 0. The lowest BCUT2D eigenvalue weighted by Crippen LogP contribution is -2.27. The predicted octanol–water partition coefficient (Wildman–Crippen LogP) is 4.41. The van der Waals surface area contributed by atoms with E-state index >= 15 is 0 Å². The molecule has 0 radical (unpaired) electrons. The van der Waals surface area contributed by atoms with Gasteiger partial charge in [-0.1, -0.05) is 12.8 Å². The van der Waals surface area contributed by atoms with Crippen molar-refractivity contribution in [1.29, 1.82) is 5.26 Å². The second kappa shape index (κ2) is 7.15. The van der Waals surface area contributed by atoms with Crippen LogP contribution in [0.5, 0.6) is 0 Å². The van der Waals surface area contributed by atoms with Crippen LogP contribution < -0.4 is 4.90 Å². The average molecular weight is 323 g/mol. The first-order chi connectivity index (χ1) is 11.0. The van der Waals surface area contributed by atoms with Crippen LogP contribution in [-0.4, -0.2) is 13.1 Å². The highest BCUT2D eigenvalue weighted by Crippen LogP contribution is 2.33. The Kier molecular flexibility index (Phi) is 5.23. The topological polar surface area (TPSA) is 31.4 Å². The molecule has 1 saturated heterocycles. The molecule has 1 heterocycles. The first-order valence-electron chi connectivity index (χ1n) is 7.11. The summed E-state index contributed by atoms with van der Waals surface area (Å²) in [5, 5.41) is 8.62. The SMILES string of the molecule is [C-]#[N+]/C(C#N)=C\c1c(F)c(F)c(N2CCCCCC2)c(F)c1F. The molecule has 0 aliphatic carbocycles. The van der Waals surface area contributed by atoms with Gasteiger partial charge in [-0.25, -0.2) is 27.7 Å². The van der Waals surface area contributed by atoms with E-state index in [1.807, 2.05) is 0 Å². The molecule has 2 rings (SSSR count). The van der Waals surface area contributed by atoms with Crippen molar-refractivity contribution in [2.45, 2.75) is 25.7 Å². The third-order valence-corrected chi connectivity index (χ3v) is 3.71. The number of nitriles is 1. The number of hydrogen-bond acceptors (Lipinski definition) is 2. The number of benzene rings is 1. The van der Waals surface area contributed by atoms with E-state index in [0.29, 0.717) is 32.0 Å².